The molecule has 2 aromatic rings. The number of anilines is 1. The number of rotatable bonds is 3. The Bertz CT molecular complexity index is 646. The fourth-order valence-corrected chi connectivity index (χ4v) is 2.06. The molecule has 0 aliphatic carbocycles. The van der Waals surface area contributed by atoms with E-state index in [1.807, 2.05) is 0 Å². The highest BCUT2D eigenvalue weighted by Gasteiger charge is 2.19. The third-order valence-corrected chi connectivity index (χ3v) is 3.17. The van der Waals surface area contributed by atoms with Crippen molar-refractivity contribution in [2.75, 3.05) is 24.7 Å². The van der Waals surface area contributed by atoms with Crippen LogP contribution in [-0.4, -0.2) is 35.6 Å². The van der Waals surface area contributed by atoms with Gasteiger partial charge in [0.1, 0.15) is 11.6 Å². The Hall–Kier alpha value is -2.54. The van der Waals surface area contributed by atoms with Gasteiger partial charge in [-0.1, -0.05) is 0 Å². The molecule has 3 rings (SSSR count). The third kappa shape index (κ3) is 3.37. The maximum absolute atomic E-state index is 12.8. The van der Waals surface area contributed by atoms with Crippen LogP contribution in [0.25, 0.3) is 0 Å². The number of ether oxygens (including phenoxy) is 2. The number of aromatic nitrogens is 2. The standard InChI is InChI=1S/C15H14FN3O3/c16-11-1-3-13(4-2-11)22-15-17-9-12(10-18-15)19-6-8-21-7-5-14(19)20/h1-4,9-10H,5-8H2. The molecular weight excluding hydrogens is 289 g/mol. The molecule has 2 heterocycles. The Morgan fingerprint density at radius 1 is 1.14 bits per heavy atom. The molecule has 1 aliphatic rings. The van der Waals surface area contributed by atoms with E-state index in [2.05, 4.69) is 9.97 Å². The first-order chi connectivity index (χ1) is 10.7. The Balaban J connectivity index is 1.71. The second-order valence-corrected chi connectivity index (χ2v) is 4.69. The average Bonchev–Trinajstić information content (AvgIpc) is 2.75. The minimum absolute atomic E-state index is 0.0201. The lowest BCUT2D eigenvalue weighted by Gasteiger charge is -2.19. The molecule has 0 atom stereocenters. The monoisotopic (exact) mass is 303 g/mol. The summed E-state index contributed by atoms with van der Waals surface area (Å²) in [6.07, 6.45) is 3.39. The molecule has 1 aromatic heterocycles. The summed E-state index contributed by atoms with van der Waals surface area (Å²) >= 11 is 0. The summed E-state index contributed by atoms with van der Waals surface area (Å²) in [7, 11) is 0. The molecule has 1 fully saturated rings. The van der Waals surface area contributed by atoms with Crippen LogP contribution in [0.1, 0.15) is 6.42 Å². The summed E-state index contributed by atoms with van der Waals surface area (Å²) < 4.78 is 23.5. The lowest BCUT2D eigenvalue weighted by molar-refractivity contribution is -0.118. The molecule has 0 radical (unpaired) electrons. The van der Waals surface area contributed by atoms with Crippen LogP contribution in [0.15, 0.2) is 36.7 Å². The number of benzene rings is 1. The van der Waals surface area contributed by atoms with Gasteiger partial charge in [0.05, 0.1) is 37.7 Å². The van der Waals surface area contributed by atoms with E-state index in [0.29, 0.717) is 37.6 Å². The molecule has 0 bridgehead atoms. The Morgan fingerprint density at radius 2 is 1.86 bits per heavy atom. The Labute approximate surface area is 126 Å². The van der Waals surface area contributed by atoms with Crippen LogP contribution in [0.5, 0.6) is 11.8 Å². The number of hydrogen-bond acceptors (Lipinski definition) is 5. The van der Waals surface area contributed by atoms with Crippen molar-refractivity contribution in [3.05, 3.63) is 42.5 Å². The van der Waals surface area contributed by atoms with Gasteiger partial charge < -0.3 is 14.4 Å². The first kappa shape index (κ1) is 14.4. The maximum Gasteiger partial charge on any atom is 0.322 e. The number of halogens is 1. The van der Waals surface area contributed by atoms with Crippen molar-refractivity contribution in [1.29, 1.82) is 0 Å². The maximum atomic E-state index is 12.8. The quantitative estimate of drug-likeness (QED) is 0.869. The molecule has 0 unspecified atom stereocenters. The summed E-state index contributed by atoms with van der Waals surface area (Å²) in [6.45, 7) is 1.39. The van der Waals surface area contributed by atoms with Crippen LogP contribution < -0.4 is 9.64 Å². The summed E-state index contributed by atoms with van der Waals surface area (Å²) in [4.78, 5) is 21.7. The SMILES string of the molecule is O=C1CCOCCN1c1cnc(Oc2ccc(F)cc2)nc1. The van der Waals surface area contributed by atoms with Gasteiger partial charge in [-0.05, 0) is 24.3 Å². The third-order valence-electron chi connectivity index (χ3n) is 3.17. The van der Waals surface area contributed by atoms with Gasteiger partial charge in [0.2, 0.25) is 5.91 Å². The highest BCUT2D eigenvalue weighted by molar-refractivity contribution is 5.93. The number of carbonyl (C=O) groups excluding carboxylic acids is 1. The molecule has 1 aromatic carbocycles. The molecular formula is C15H14FN3O3. The summed E-state index contributed by atoms with van der Waals surface area (Å²) in [5, 5.41) is 0. The molecule has 6 nitrogen and oxygen atoms in total. The highest BCUT2D eigenvalue weighted by atomic mass is 19.1. The van der Waals surface area contributed by atoms with Crippen molar-refractivity contribution < 1.29 is 18.7 Å². The van der Waals surface area contributed by atoms with Gasteiger partial charge in [0.25, 0.3) is 0 Å². The van der Waals surface area contributed by atoms with Crippen molar-refractivity contribution in [1.82, 2.24) is 9.97 Å². The van der Waals surface area contributed by atoms with E-state index in [4.69, 9.17) is 9.47 Å². The van der Waals surface area contributed by atoms with E-state index in [1.165, 1.54) is 36.7 Å². The first-order valence-electron chi connectivity index (χ1n) is 6.86. The second kappa shape index (κ2) is 6.48. The molecule has 1 aliphatic heterocycles. The highest BCUT2D eigenvalue weighted by Crippen LogP contribution is 2.20. The van der Waals surface area contributed by atoms with Crippen LogP contribution in [0.3, 0.4) is 0 Å². The molecule has 7 heteroatoms. The van der Waals surface area contributed by atoms with E-state index in [0.717, 1.165) is 0 Å². The van der Waals surface area contributed by atoms with Crippen molar-refractivity contribution in [3.63, 3.8) is 0 Å². The Kier molecular flexibility index (Phi) is 4.24. The minimum Gasteiger partial charge on any atom is -0.424 e. The summed E-state index contributed by atoms with van der Waals surface area (Å²) in [5.41, 5.74) is 0.599. The van der Waals surface area contributed by atoms with Crippen molar-refractivity contribution in [2.45, 2.75) is 6.42 Å². The molecule has 114 valence electrons. The first-order valence-corrected chi connectivity index (χ1v) is 6.86. The minimum atomic E-state index is -0.342. The summed E-state index contributed by atoms with van der Waals surface area (Å²) in [6, 6.07) is 5.69. The average molecular weight is 303 g/mol. The smallest absolute Gasteiger partial charge is 0.322 e. The van der Waals surface area contributed by atoms with Gasteiger partial charge >= 0.3 is 6.01 Å². The molecule has 0 spiro atoms. The number of nitrogens with zero attached hydrogens (tertiary/aromatic N) is 3. The van der Waals surface area contributed by atoms with Crippen LogP contribution >= 0.6 is 0 Å². The van der Waals surface area contributed by atoms with Crippen LogP contribution in [0.4, 0.5) is 10.1 Å². The van der Waals surface area contributed by atoms with E-state index in [-0.39, 0.29) is 17.7 Å². The zero-order valence-corrected chi connectivity index (χ0v) is 11.7. The van der Waals surface area contributed by atoms with Crippen molar-refractivity contribution >= 4 is 11.6 Å². The lowest BCUT2D eigenvalue weighted by Crippen LogP contribution is -2.31. The predicted molar refractivity (Wildman–Crippen MR) is 76.3 cm³/mol. The van der Waals surface area contributed by atoms with E-state index >= 15 is 0 Å². The normalized spacial score (nSPS) is 15.5. The fraction of sp³-hybridized carbons (Fsp3) is 0.267. The Morgan fingerprint density at radius 3 is 2.59 bits per heavy atom. The fourth-order valence-electron chi connectivity index (χ4n) is 2.06. The number of hydrogen-bond donors (Lipinski definition) is 0. The van der Waals surface area contributed by atoms with E-state index < -0.39 is 0 Å². The molecule has 0 N–H and O–H groups in total. The van der Waals surface area contributed by atoms with Gasteiger partial charge in [0, 0.05) is 6.54 Å². The van der Waals surface area contributed by atoms with Gasteiger partial charge in [0.15, 0.2) is 0 Å². The zero-order valence-electron chi connectivity index (χ0n) is 11.7. The van der Waals surface area contributed by atoms with E-state index in [9.17, 15) is 9.18 Å². The zero-order chi connectivity index (χ0) is 15.4. The predicted octanol–water partition coefficient (Wildman–Crippen LogP) is 2.16. The van der Waals surface area contributed by atoms with Crippen LogP contribution in [0.2, 0.25) is 0 Å². The van der Waals surface area contributed by atoms with Crippen LogP contribution in [-0.2, 0) is 9.53 Å². The van der Waals surface area contributed by atoms with Gasteiger partial charge in [-0.2, -0.15) is 0 Å². The largest absolute Gasteiger partial charge is 0.424 e. The molecule has 0 saturated carbocycles. The van der Waals surface area contributed by atoms with Gasteiger partial charge in [-0.25, -0.2) is 14.4 Å². The summed E-state index contributed by atoms with van der Waals surface area (Å²) in [5.74, 6) is 0.0761. The van der Waals surface area contributed by atoms with Crippen molar-refractivity contribution in [2.24, 2.45) is 0 Å². The molecule has 22 heavy (non-hydrogen) atoms. The van der Waals surface area contributed by atoms with Gasteiger partial charge in [-0.3, -0.25) is 4.79 Å². The topological polar surface area (TPSA) is 64.5 Å². The molecule has 1 saturated heterocycles. The number of amides is 1. The number of carbonyl (C=O) groups is 1. The van der Waals surface area contributed by atoms with E-state index in [1.54, 1.807) is 4.90 Å². The second-order valence-electron chi connectivity index (χ2n) is 4.69. The lowest BCUT2D eigenvalue weighted by atomic mass is 10.3. The molecule has 1 amide bonds. The van der Waals surface area contributed by atoms with Crippen molar-refractivity contribution in [3.8, 4) is 11.8 Å². The van der Waals surface area contributed by atoms with Crippen LogP contribution in [0, 0.1) is 5.82 Å². The van der Waals surface area contributed by atoms with Gasteiger partial charge in [-0.15, -0.1) is 0 Å².